The number of hydrogen-bond acceptors (Lipinski definition) is 1. The third-order valence-electron chi connectivity index (χ3n) is 2.45. The van der Waals surface area contributed by atoms with E-state index in [0.29, 0.717) is 6.61 Å². The molecule has 1 heteroatoms. The molecule has 0 N–H and O–H groups in total. The summed E-state index contributed by atoms with van der Waals surface area (Å²) < 4.78 is 5.58. The fourth-order valence-corrected chi connectivity index (χ4v) is 1.70. The van der Waals surface area contributed by atoms with Gasteiger partial charge in [0.15, 0.2) is 0 Å². The van der Waals surface area contributed by atoms with E-state index < -0.39 is 0 Å². The van der Waals surface area contributed by atoms with Gasteiger partial charge in [0.2, 0.25) is 0 Å². The average molecular weight is 211 g/mol. The minimum Gasteiger partial charge on any atom is -0.494 e. The summed E-state index contributed by atoms with van der Waals surface area (Å²) in [5.41, 5.74) is 2.52. The molecule has 81 valence electrons. The smallest absolute Gasteiger partial charge is 0.123 e. The zero-order chi connectivity index (χ0) is 11.2. The lowest BCUT2D eigenvalue weighted by molar-refractivity contribution is 0.337. The Labute approximate surface area is 96.7 Å². The fraction of sp³-hybridized carbons (Fsp3) is 0.200. The largest absolute Gasteiger partial charge is 0.494 e. The highest BCUT2D eigenvalue weighted by molar-refractivity contribution is 5.37. The molecule has 0 fully saturated rings. The quantitative estimate of drug-likeness (QED) is 0.752. The van der Waals surface area contributed by atoms with Gasteiger partial charge in [-0.05, 0) is 30.2 Å². The van der Waals surface area contributed by atoms with Crippen molar-refractivity contribution in [2.75, 3.05) is 6.61 Å². The van der Waals surface area contributed by atoms with E-state index in [1.54, 1.807) is 0 Å². The second kappa shape index (κ2) is 5.36. The number of rotatable bonds is 4. The summed E-state index contributed by atoms with van der Waals surface area (Å²) in [7, 11) is 0. The van der Waals surface area contributed by atoms with Gasteiger partial charge in [0.25, 0.3) is 0 Å². The van der Waals surface area contributed by atoms with Gasteiger partial charge >= 0.3 is 0 Å². The van der Waals surface area contributed by atoms with Crippen LogP contribution in [0.1, 0.15) is 18.1 Å². The SMILES string of the molecule is CCOc1c[c]ccc1Cc1ccccc1. The van der Waals surface area contributed by atoms with E-state index in [9.17, 15) is 0 Å². The molecule has 16 heavy (non-hydrogen) atoms. The summed E-state index contributed by atoms with van der Waals surface area (Å²) in [6.45, 7) is 2.69. The van der Waals surface area contributed by atoms with Crippen LogP contribution in [0.15, 0.2) is 48.5 Å². The molecule has 0 saturated heterocycles. The standard InChI is InChI=1S/C15H15O/c1-2-16-15-11-7-6-10-14(15)12-13-8-4-3-5-9-13/h3-6,8-11H,2,12H2,1H3. The molecule has 1 nitrogen and oxygen atoms in total. The summed E-state index contributed by atoms with van der Waals surface area (Å²) in [6.07, 6.45) is 0.908. The van der Waals surface area contributed by atoms with Gasteiger partial charge in [-0.3, -0.25) is 0 Å². The van der Waals surface area contributed by atoms with Crippen molar-refractivity contribution >= 4 is 0 Å². The molecule has 0 aliphatic carbocycles. The Bertz CT molecular complexity index is 434. The lowest BCUT2D eigenvalue weighted by atomic mass is 10.0. The van der Waals surface area contributed by atoms with Crippen molar-refractivity contribution in [2.45, 2.75) is 13.3 Å². The van der Waals surface area contributed by atoms with Gasteiger partial charge in [0, 0.05) is 6.42 Å². The van der Waals surface area contributed by atoms with Gasteiger partial charge < -0.3 is 4.74 Å². The Morgan fingerprint density at radius 3 is 2.69 bits per heavy atom. The lowest BCUT2D eigenvalue weighted by Gasteiger charge is -2.09. The van der Waals surface area contributed by atoms with Crippen LogP contribution < -0.4 is 4.74 Å². The maximum absolute atomic E-state index is 5.58. The lowest BCUT2D eigenvalue weighted by Crippen LogP contribution is -1.97. The number of benzene rings is 2. The molecule has 0 spiro atoms. The molecular formula is C15H15O. The number of ether oxygens (including phenoxy) is 1. The van der Waals surface area contributed by atoms with Crippen LogP contribution in [0.4, 0.5) is 0 Å². The van der Waals surface area contributed by atoms with Crippen LogP contribution in [-0.4, -0.2) is 6.61 Å². The summed E-state index contributed by atoms with van der Waals surface area (Å²) in [5.74, 6) is 0.939. The molecule has 2 aromatic carbocycles. The third-order valence-corrected chi connectivity index (χ3v) is 2.45. The Balaban J connectivity index is 2.21. The predicted octanol–water partition coefficient (Wildman–Crippen LogP) is 3.48. The zero-order valence-electron chi connectivity index (χ0n) is 9.44. The van der Waals surface area contributed by atoms with Crippen molar-refractivity contribution < 1.29 is 4.74 Å². The molecule has 0 saturated carbocycles. The third kappa shape index (κ3) is 2.63. The minimum atomic E-state index is 0.694. The van der Waals surface area contributed by atoms with Crippen molar-refractivity contribution in [3.8, 4) is 5.75 Å². The monoisotopic (exact) mass is 211 g/mol. The van der Waals surface area contributed by atoms with Gasteiger partial charge in [0.05, 0.1) is 6.61 Å². The van der Waals surface area contributed by atoms with E-state index in [1.165, 1.54) is 11.1 Å². The highest BCUT2D eigenvalue weighted by atomic mass is 16.5. The Hall–Kier alpha value is -1.76. The topological polar surface area (TPSA) is 9.23 Å². The van der Waals surface area contributed by atoms with E-state index in [-0.39, 0.29) is 0 Å². The number of hydrogen-bond donors (Lipinski definition) is 0. The highest BCUT2D eigenvalue weighted by Gasteiger charge is 2.02. The van der Waals surface area contributed by atoms with Gasteiger partial charge in [0.1, 0.15) is 5.75 Å². The predicted molar refractivity (Wildman–Crippen MR) is 65.7 cm³/mol. The second-order valence-corrected chi connectivity index (χ2v) is 3.63. The Morgan fingerprint density at radius 1 is 1.12 bits per heavy atom. The molecule has 0 amide bonds. The van der Waals surface area contributed by atoms with E-state index in [0.717, 1.165) is 12.2 Å². The van der Waals surface area contributed by atoms with Crippen LogP contribution in [0.5, 0.6) is 5.75 Å². The van der Waals surface area contributed by atoms with E-state index in [1.807, 2.05) is 25.1 Å². The summed E-state index contributed by atoms with van der Waals surface area (Å²) >= 11 is 0. The van der Waals surface area contributed by atoms with Gasteiger partial charge in [-0.1, -0.05) is 42.5 Å². The van der Waals surface area contributed by atoms with Crippen molar-refractivity contribution in [3.05, 3.63) is 65.7 Å². The first-order chi connectivity index (χ1) is 7.90. The molecule has 0 unspecified atom stereocenters. The zero-order valence-corrected chi connectivity index (χ0v) is 9.44. The molecule has 0 aromatic heterocycles. The van der Waals surface area contributed by atoms with Gasteiger partial charge in [-0.2, -0.15) is 0 Å². The normalized spacial score (nSPS) is 10.1. The summed E-state index contributed by atoms with van der Waals surface area (Å²) in [5, 5.41) is 0. The molecule has 0 atom stereocenters. The molecule has 0 aliphatic rings. The minimum absolute atomic E-state index is 0.694. The van der Waals surface area contributed by atoms with Gasteiger partial charge in [-0.25, -0.2) is 0 Å². The van der Waals surface area contributed by atoms with Crippen LogP contribution in [0, 0.1) is 6.07 Å². The molecule has 2 aromatic rings. The Morgan fingerprint density at radius 2 is 1.94 bits per heavy atom. The second-order valence-electron chi connectivity index (χ2n) is 3.63. The first kappa shape index (κ1) is 10.7. The van der Waals surface area contributed by atoms with Crippen LogP contribution in [0.25, 0.3) is 0 Å². The molecule has 2 rings (SSSR count). The van der Waals surface area contributed by atoms with Crippen molar-refractivity contribution in [1.82, 2.24) is 0 Å². The molecular weight excluding hydrogens is 196 g/mol. The Kier molecular flexibility index (Phi) is 3.60. The first-order valence-electron chi connectivity index (χ1n) is 5.56. The maximum atomic E-state index is 5.58. The highest BCUT2D eigenvalue weighted by Crippen LogP contribution is 2.20. The van der Waals surface area contributed by atoms with E-state index in [2.05, 4.69) is 36.4 Å². The first-order valence-corrected chi connectivity index (χ1v) is 5.56. The van der Waals surface area contributed by atoms with Crippen LogP contribution in [-0.2, 0) is 6.42 Å². The van der Waals surface area contributed by atoms with Crippen LogP contribution in [0.3, 0.4) is 0 Å². The van der Waals surface area contributed by atoms with Crippen molar-refractivity contribution in [1.29, 1.82) is 0 Å². The summed E-state index contributed by atoms with van der Waals surface area (Å²) in [6, 6.07) is 19.4. The molecule has 0 bridgehead atoms. The molecule has 0 aliphatic heterocycles. The summed E-state index contributed by atoms with van der Waals surface area (Å²) in [4.78, 5) is 0. The fourth-order valence-electron chi connectivity index (χ4n) is 1.70. The van der Waals surface area contributed by atoms with E-state index >= 15 is 0 Å². The average Bonchev–Trinajstić information content (AvgIpc) is 2.33. The van der Waals surface area contributed by atoms with Crippen molar-refractivity contribution in [2.24, 2.45) is 0 Å². The van der Waals surface area contributed by atoms with Crippen LogP contribution in [0.2, 0.25) is 0 Å². The van der Waals surface area contributed by atoms with Crippen molar-refractivity contribution in [3.63, 3.8) is 0 Å². The maximum Gasteiger partial charge on any atom is 0.123 e. The van der Waals surface area contributed by atoms with Crippen LogP contribution >= 0.6 is 0 Å². The van der Waals surface area contributed by atoms with E-state index in [4.69, 9.17) is 4.74 Å². The molecule has 0 heterocycles. The van der Waals surface area contributed by atoms with Gasteiger partial charge in [-0.15, -0.1) is 0 Å². The molecule has 1 radical (unpaired) electrons.